The van der Waals surface area contributed by atoms with Crippen molar-refractivity contribution in [2.24, 2.45) is 5.41 Å². The van der Waals surface area contributed by atoms with E-state index in [4.69, 9.17) is 4.74 Å². The van der Waals surface area contributed by atoms with Gasteiger partial charge in [0.05, 0.1) is 13.2 Å². The zero-order valence-electron chi connectivity index (χ0n) is 12.8. The molecule has 0 atom stereocenters. The summed E-state index contributed by atoms with van der Waals surface area (Å²) in [4.78, 5) is 25.0. The first-order chi connectivity index (χ1) is 10.9. The Hall–Kier alpha value is -1.23. The second-order valence-corrected chi connectivity index (χ2v) is 8.03. The molecule has 3 rings (SSSR count). The number of hydrogen-bond donors (Lipinski definition) is 1. The van der Waals surface area contributed by atoms with Crippen molar-refractivity contribution >= 4 is 22.1 Å². The first-order valence-electron chi connectivity index (χ1n) is 7.74. The maximum absolute atomic E-state index is 12.5. The zero-order valence-corrected chi connectivity index (χ0v) is 13.6. The number of carboxylic acid groups (broad SMARTS) is 1. The van der Waals surface area contributed by atoms with E-state index in [1.54, 1.807) is 0 Å². The number of nitrogens with zero attached hydrogens (tertiary/aromatic N) is 3. The summed E-state index contributed by atoms with van der Waals surface area (Å²) in [5.74, 6) is -1.46. The molecular weight excluding hydrogens is 326 g/mol. The van der Waals surface area contributed by atoms with Crippen molar-refractivity contribution in [3.8, 4) is 0 Å². The Labute approximate surface area is 135 Å². The van der Waals surface area contributed by atoms with E-state index in [0.29, 0.717) is 39.1 Å². The second-order valence-electron chi connectivity index (χ2n) is 6.10. The molecule has 0 aromatic carbocycles. The van der Waals surface area contributed by atoms with Crippen molar-refractivity contribution in [3.05, 3.63) is 0 Å². The predicted octanol–water partition coefficient (Wildman–Crippen LogP) is -1.43. The summed E-state index contributed by atoms with van der Waals surface area (Å²) in [5.41, 5.74) is -1.26. The van der Waals surface area contributed by atoms with Crippen LogP contribution in [0.3, 0.4) is 0 Å². The van der Waals surface area contributed by atoms with Crippen LogP contribution in [0.1, 0.15) is 12.8 Å². The van der Waals surface area contributed by atoms with Gasteiger partial charge in [0.2, 0.25) is 5.91 Å². The molecule has 3 aliphatic rings. The van der Waals surface area contributed by atoms with Crippen LogP contribution >= 0.6 is 0 Å². The van der Waals surface area contributed by atoms with Gasteiger partial charge in [-0.25, -0.2) is 0 Å². The molecule has 23 heavy (non-hydrogen) atoms. The molecule has 0 radical (unpaired) electrons. The van der Waals surface area contributed by atoms with Gasteiger partial charge >= 0.3 is 5.97 Å². The Bertz CT molecular complexity index is 589. The lowest BCUT2D eigenvalue weighted by Crippen LogP contribution is -2.57. The quantitative estimate of drug-likeness (QED) is 0.625. The van der Waals surface area contributed by atoms with E-state index in [-0.39, 0.29) is 32.1 Å². The highest BCUT2D eigenvalue weighted by atomic mass is 32.2. The lowest BCUT2D eigenvalue weighted by atomic mass is 10.1. The summed E-state index contributed by atoms with van der Waals surface area (Å²) in [6.07, 6.45) is 0.737. The lowest BCUT2D eigenvalue weighted by molar-refractivity contribution is -0.154. The molecule has 1 saturated carbocycles. The minimum Gasteiger partial charge on any atom is -0.480 e. The summed E-state index contributed by atoms with van der Waals surface area (Å²) in [5, 5.41) is 9.18. The van der Waals surface area contributed by atoms with Crippen molar-refractivity contribution in [3.63, 3.8) is 0 Å². The third-order valence-electron chi connectivity index (χ3n) is 4.72. The Balaban J connectivity index is 1.60. The van der Waals surface area contributed by atoms with E-state index in [2.05, 4.69) is 0 Å². The van der Waals surface area contributed by atoms with E-state index in [0.717, 1.165) is 0 Å². The molecule has 10 heteroatoms. The Kier molecular flexibility index (Phi) is 4.34. The monoisotopic (exact) mass is 347 g/mol. The molecule has 2 heterocycles. The van der Waals surface area contributed by atoms with Crippen molar-refractivity contribution in [2.75, 3.05) is 52.5 Å². The van der Waals surface area contributed by atoms with E-state index < -0.39 is 21.6 Å². The van der Waals surface area contributed by atoms with Crippen LogP contribution in [0.2, 0.25) is 0 Å². The summed E-state index contributed by atoms with van der Waals surface area (Å²) >= 11 is 0. The number of ether oxygens (including phenoxy) is 1. The molecule has 0 bridgehead atoms. The maximum atomic E-state index is 12.5. The van der Waals surface area contributed by atoms with Crippen molar-refractivity contribution in [1.29, 1.82) is 0 Å². The summed E-state index contributed by atoms with van der Waals surface area (Å²) in [6.45, 7) is 2.31. The number of piperazine rings is 1. The van der Waals surface area contributed by atoms with Gasteiger partial charge in [0.1, 0.15) is 5.41 Å². The Morgan fingerprint density at radius 1 is 0.913 bits per heavy atom. The Morgan fingerprint density at radius 3 is 1.91 bits per heavy atom. The van der Waals surface area contributed by atoms with Crippen LogP contribution in [0, 0.1) is 5.41 Å². The first kappa shape index (κ1) is 16.6. The van der Waals surface area contributed by atoms with Gasteiger partial charge in [0.25, 0.3) is 10.2 Å². The molecule has 3 fully saturated rings. The lowest BCUT2D eigenvalue weighted by Gasteiger charge is -2.38. The van der Waals surface area contributed by atoms with Gasteiger partial charge in [0.15, 0.2) is 0 Å². The summed E-state index contributed by atoms with van der Waals surface area (Å²) in [6, 6.07) is 0. The fourth-order valence-corrected chi connectivity index (χ4v) is 4.57. The molecule has 0 spiro atoms. The maximum Gasteiger partial charge on any atom is 0.319 e. The number of morpholine rings is 1. The fraction of sp³-hybridized carbons (Fsp3) is 0.846. The number of aliphatic carboxylic acids is 1. The molecule has 0 unspecified atom stereocenters. The van der Waals surface area contributed by atoms with Crippen LogP contribution in [-0.2, 0) is 24.5 Å². The number of carbonyl (C=O) groups is 2. The average Bonchev–Trinajstić information content (AvgIpc) is 3.37. The zero-order chi connectivity index (χ0) is 16.7. The molecule has 130 valence electrons. The topological polar surface area (TPSA) is 107 Å². The van der Waals surface area contributed by atoms with E-state index >= 15 is 0 Å². The van der Waals surface area contributed by atoms with E-state index in [1.165, 1.54) is 13.5 Å². The molecular formula is C13H21N3O6S. The molecule has 1 aliphatic carbocycles. The average molecular weight is 347 g/mol. The smallest absolute Gasteiger partial charge is 0.319 e. The molecule has 9 nitrogen and oxygen atoms in total. The summed E-state index contributed by atoms with van der Waals surface area (Å²) in [7, 11) is -3.54. The van der Waals surface area contributed by atoms with Crippen LogP contribution in [0.25, 0.3) is 0 Å². The first-order valence-corrected chi connectivity index (χ1v) is 9.13. The largest absolute Gasteiger partial charge is 0.480 e. The van der Waals surface area contributed by atoms with Gasteiger partial charge in [0, 0.05) is 39.3 Å². The molecule has 1 N–H and O–H groups in total. The van der Waals surface area contributed by atoms with E-state index in [1.807, 2.05) is 0 Å². The van der Waals surface area contributed by atoms with Crippen LogP contribution in [0.4, 0.5) is 0 Å². The van der Waals surface area contributed by atoms with Gasteiger partial charge in [-0.2, -0.15) is 17.0 Å². The Morgan fingerprint density at radius 2 is 1.43 bits per heavy atom. The SMILES string of the molecule is O=C(O)C1(C(=O)N2CCN(S(=O)(=O)N3CCOCC3)CC2)CC1. The highest BCUT2D eigenvalue weighted by molar-refractivity contribution is 7.86. The van der Waals surface area contributed by atoms with Crippen LogP contribution in [0.15, 0.2) is 0 Å². The van der Waals surface area contributed by atoms with Crippen molar-refractivity contribution in [1.82, 2.24) is 13.5 Å². The van der Waals surface area contributed by atoms with Gasteiger partial charge in [-0.3, -0.25) is 9.59 Å². The minimum absolute atomic E-state index is 0.196. The van der Waals surface area contributed by atoms with Gasteiger partial charge in [-0.1, -0.05) is 0 Å². The van der Waals surface area contributed by atoms with Crippen molar-refractivity contribution < 1.29 is 27.9 Å². The molecule has 2 saturated heterocycles. The van der Waals surface area contributed by atoms with Gasteiger partial charge in [-0.05, 0) is 12.8 Å². The number of rotatable bonds is 4. The van der Waals surface area contributed by atoms with Gasteiger partial charge < -0.3 is 14.7 Å². The third kappa shape index (κ3) is 2.95. The van der Waals surface area contributed by atoms with Crippen LogP contribution < -0.4 is 0 Å². The van der Waals surface area contributed by atoms with Gasteiger partial charge in [-0.15, -0.1) is 0 Å². The number of hydrogen-bond acceptors (Lipinski definition) is 5. The van der Waals surface area contributed by atoms with E-state index in [9.17, 15) is 23.1 Å². The number of amides is 1. The molecule has 0 aromatic rings. The highest BCUT2D eigenvalue weighted by Crippen LogP contribution is 2.47. The third-order valence-corrected chi connectivity index (χ3v) is 6.75. The minimum atomic E-state index is -3.54. The molecule has 2 aliphatic heterocycles. The summed E-state index contributed by atoms with van der Waals surface area (Å²) < 4.78 is 33.0. The highest BCUT2D eigenvalue weighted by Gasteiger charge is 2.58. The standard InChI is InChI=1S/C13H21N3O6S/c17-11(13(1-2-13)12(18)19)14-3-5-15(6-4-14)23(20,21)16-7-9-22-10-8-16/h1-10H2,(H,18,19). The second kappa shape index (κ2) is 6.00. The number of carboxylic acids is 1. The number of carbonyl (C=O) groups excluding carboxylic acids is 1. The predicted molar refractivity (Wildman–Crippen MR) is 78.8 cm³/mol. The van der Waals surface area contributed by atoms with Crippen LogP contribution in [0.5, 0.6) is 0 Å². The van der Waals surface area contributed by atoms with Crippen molar-refractivity contribution in [2.45, 2.75) is 12.8 Å². The normalized spacial score (nSPS) is 26.0. The molecule has 1 amide bonds. The molecule has 0 aromatic heterocycles. The fourth-order valence-electron chi connectivity index (χ4n) is 3.01. The van der Waals surface area contributed by atoms with Crippen LogP contribution in [-0.4, -0.2) is 91.4 Å².